The Balaban J connectivity index is 1.49. The van der Waals surface area contributed by atoms with Crippen LogP contribution in [0.15, 0.2) is 70.0 Å². The van der Waals surface area contributed by atoms with Crippen molar-refractivity contribution in [1.29, 1.82) is 0 Å². The lowest BCUT2D eigenvalue weighted by molar-refractivity contribution is -0.123. The highest BCUT2D eigenvalue weighted by atomic mass is 35.5. The molecule has 6 nitrogen and oxygen atoms in total. The van der Waals surface area contributed by atoms with E-state index in [1.807, 2.05) is 0 Å². The number of halogens is 1. The Labute approximate surface area is 193 Å². The van der Waals surface area contributed by atoms with E-state index in [9.17, 15) is 14.4 Å². The lowest BCUT2D eigenvalue weighted by Crippen LogP contribution is -2.27. The van der Waals surface area contributed by atoms with Gasteiger partial charge in [-0.1, -0.05) is 41.9 Å². The molecular weight excluding hydrogens is 450 g/mol. The van der Waals surface area contributed by atoms with Gasteiger partial charge in [0.2, 0.25) is 0 Å². The summed E-state index contributed by atoms with van der Waals surface area (Å²) >= 11 is 7.02. The number of imide groups is 1. The molecule has 0 saturated carbocycles. The molecule has 1 aliphatic heterocycles. The van der Waals surface area contributed by atoms with Crippen LogP contribution in [-0.4, -0.2) is 28.6 Å². The minimum Gasteiger partial charge on any atom is -0.462 e. The maximum Gasteiger partial charge on any atom is 0.338 e. The number of esters is 1. The second kappa shape index (κ2) is 9.46. The molecule has 1 aliphatic rings. The van der Waals surface area contributed by atoms with Crippen LogP contribution < -0.4 is 0 Å². The zero-order valence-electron chi connectivity index (χ0n) is 17.0. The lowest BCUT2D eigenvalue weighted by atomic mass is 10.1. The predicted molar refractivity (Wildman–Crippen MR) is 123 cm³/mol. The predicted octanol–water partition coefficient (Wildman–Crippen LogP) is 6.01. The molecule has 32 heavy (non-hydrogen) atoms. The Bertz CT molecular complexity index is 1220. The van der Waals surface area contributed by atoms with Gasteiger partial charge in [-0.05, 0) is 54.6 Å². The number of carbonyl (C=O) groups excluding carboxylic acids is 3. The van der Waals surface area contributed by atoms with Gasteiger partial charge in [-0.15, -0.1) is 0 Å². The second-order valence-electron chi connectivity index (χ2n) is 6.86. The van der Waals surface area contributed by atoms with Crippen molar-refractivity contribution in [3.8, 4) is 11.3 Å². The number of benzene rings is 2. The van der Waals surface area contributed by atoms with Gasteiger partial charge in [0.25, 0.3) is 11.1 Å². The highest BCUT2D eigenvalue weighted by Crippen LogP contribution is 2.35. The van der Waals surface area contributed by atoms with Gasteiger partial charge in [0.05, 0.1) is 23.6 Å². The molecule has 1 aromatic heterocycles. The third-order valence-electron chi connectivity index (χ3n) is 4.74. The van der Waals surface area contributed by atoms with Crippen LogP contribution in [0.4, 0.5) is 4.79 Å². The molecule has 1 saturated heterocycles. The Morgan fingerprint density at radius 3 is 2.56 bits per heavy atom. The molecule has 1 fully saturated rings. The summed E-state index contributed by atoms with van der Waals surface area (Å²) in [6, 6.07) is 17.4. The van der Waals surface area contributed by atoms with Crippen LogP contribution in [-0.2, 0) is 16.1 Å². The lowest BCUT2D eigenvalue weighted by Gasteiger charge is -2.13. The number of thioether (sulfide) groups is 1. The molecule has 4 rings (SSSR count). The summed E-state index contributed by atoms with van der Waals surface area (Å²) < 4.78 is 10.8. The molecule has 162 valence electrons. The molecular formula is C24H18ClNO5S. The summed E-state index contributed by atoms with van der Waals surface area (Å²) in [5, 5.41) is 0.141. The van der Waals surface area contributed by atoms with Gasteiger partial charge in [-0.2, -0.15) is 0 Å². The average Bonchev–Trinajstić information content (AvgIpc) is 3.36. The summed E-state index contributed by atoms with van der Waals surface area (Å²) in [6.45, 7) is 2.17. The standard InChI is InChI=1S/C24H18ClNO5S/c1-2-30-23(28)16-9-7-15(8-10-16)20-12-11-18(31-20)13-21-22(27)26(24(29)32-21)14-17-5-3-4-6-19(17)25/h3-13H,2,14H2,1H3/b21-13-. The van der Waals surface area contributed by atoms with Gasteiger partial charge >= 0.3 is 5.97 Å². The monoisotopic (exact) mass is 467 g/mol. The molecule has 3 aromatic rings. The third kappa shape index (κ3) is 4.64. The van der Waals surface area contributed by atoms with Crippen molar-refractivity contribution in [1.82, 2.24) is 4.90 Å². The maximum atomic E-state index is 12.8. The number of nitrogens with zero attached hydrogens (tertiary/aromatic N) is 1. The second-order valence-corrected chi connectivity index (χ2v) is 8.26. The summed E-state index contributed by atoms with van der Waals surface area (Å²) in [7, 11) is 0. The molecule has 2 aromatic carbocycles. The highest BCUT2D eigenvalue weighted by Gasteiger charge is 2.35. The average molecular weight is 468 g/mol. The maximum absolute atomic E-state index is 12.8. The number of rotatable bonds is 6. The van der Waals surface area contributed by atoms with E-state index in [2.05, 4.69) is 0 Å². The SMILES string of the molecule is CCOC(=O)c1ccc(-c2ccc(/C=C3\SC(=O)N(Cc4ccccc4Cl)C3=O)o2)cc1. The van der Waals surface area contributed by atoms with Crippen molar-refractivity contribution in [2.75, 3.05) is 6.61 Å². The molecule has 0 unspecified atom stereocenters. The molecule has 0 bridgehead atoms. The smallest absolute Gasteiger partial charge is 0.338 e. The number of amides is 2. The summed E-state index contributed by atoms with van der Waals surface area (Å²) in [5.74, 6) is 0.239. The topological polar surface area (TPSA) is 76.8 Å². The van der Waals surface area contributed by atoms with Crippen LogP contribution >= 0.6 is 23.4 Å². The van der Waals surface area contributed by atoms with E-state index in [4.69, 9.17) is 20.8 Å². The quantitative estimate of drug-likeness (QED) is 0.326. The zero-order valence-corrected chi connectivity index (χ0v) is 18.6. The third-order valence-corrected chi connectivity index (χ3v) is 6.02. The van der Waals surface area contributed by atoms with Crippen molar-refractivity contribution >= 4 is 46.6 Å². The van der Waals surface area contributed by atoms with E-state index in [1.165, 1.54) is 0 Å². The van der Waals surface area contributed by atoms with E-state index in [-0.39, 0.29) is 22.7 Å². The van der Waals surface area contributed by atoms with Crippen LogP contribution in [0.25, 0.3) is 17.4 Å². The molecule has 2 heterocycles. The van der Waals surface area contributed by atoms with Crippen LogP contribution in [0.5, 0.6) is 0 Å². The molecule has 2 amide bonds. The number of ether oxygens (including phenoxy) is 1. The van der Waals surface area contributed by atoms with E-state index in [1.54, 1.807) is 73.7 Å². The summed E-state index contributed by atoms with van der Waals surface area (Å²) in [6.07, 6.45) is 1.55. The summed E-state index contributed by atoms with van der Waals surface area (Å²) in [5.41, 5.74) is 1.92. The molecule has 0 N–H and O–H groups in total. The Hall–Kier alpha value is -3.29. The van der Waals surface area contributed by atoms with E-state index < -0.39 is 5.91 Å². The first-order valence-electron chi connectivity index (χ1n) is 9.82. The van der Waals surface area contributed by atoms with Crippen LogP contribution in [0.3, 0.4) is 0 Å². The number of carbonyl (C=O) groups is 3. The largest absolute Gasteiger partial charge is 0.462 e. The first kappa shape index (κ1) is 21.9. The van der Waals surface area contributed by atoms with Gasteiger partial charge < -0.3 is 9.15 Å². The van der Waals surface area contributed by atoms with Gasteiger partial charge in [0, 0.05) is 16.7 Å². The molecule has 0 atom stereocenters. The van der Waals surface area contributed by atoms with Gasteiger partial charge in [-0.25, -0.2) is 4.79 Å². The molecule has 8 heteroatoms. The van der Waals surface area contributed by atoms with E-state index >= 15 is 0 Å². The van der Waals surface area contributed by atoms with Crippen molar-refractivity contribution in [2.45, 2.75) is 13.5 Å². The first-order chi connectivity index (χ1) is 15.5. The number of hydrogen-bond acceptors (Lipinski definition) is 6. The Morgan fingerprint density at radius 1 is 1.09 bits per heavy atom. The van der Waals surface area contributed by atoms with Crippen LogP contribution in [0.1, 0.15) is 28.6 Å². The minimum atomic E-state index is -0.392. The minimum absolute atomic E-state index is 0.109. The van der Waals surface area contributed by atoms with Crippen molar-refractivity contribution < 1.29 is 23.5 Å². The number of furan rings is 1. The van der Waals surface area contributed by atoms with E-state index in [0.29, 0.717) is 34.3 Å². The molecule has 0 radical (unpaired) electrons. The highest BCUT2D eigenvalue weighted by molar-refractivity contribution is 8.18. The van der Waals surface area contributed by atoms with Crippen molar-refractivity contribution in [2.24, 2.45) is 0 Å². The van der Waals surface area contributed by atoms with E-state index in [0.717, 1.165) is 22.2 Å². The van der Waals surface area contributed by atoms with Gasteiger partial charge in [0.15, 0.2) is 0 Å². The Morgan fingerprint density at radius 2 is 1.84 bits per heavy atom. The first-order valence-corrected chi connectivity index (χ1v) is 11.0. The number of hydrogen-bond donors (Lipinski definition) is 0. The fraction of sp³-hybridized carbons (Fsp3) is 0.125. The van der Waals surface area contributed by atoms with Crippen molar-refractivity contribution in [3.63, 3.8) is 0 Å². The summed E-state index contributed by atoms with van der Waals surface area (Å²) in [4.78, 5) is 38.4. The van der Waals surface area contributed by atoms with Gasteiger partial charge in [0.1, 0.15) is 11.5 Å². The molecule has 0 spiro atoms. The molecule has 0 aliphatic carbocycles. The van der Waals surface area contributed by atoms with Crippen LogP contribution in [0.2, 0.25) is 5.02 Å². The fourth-order valence-electron chi connectivity index (χ4n) is 3.13. The van der Waals surface area contributed by atoms with Crippen LogP contribution in [0, 0.1) is 0 Å². The normalized spacial score (nSPS) is 14.9. The zero-order chi connectivity index (χ0) is 22.7. The fourth-order valence-corrected chi connectivity index (χ4v) is 4.15. The van der Waals surface area contributed by atoms with Crippen molar-refractivity contribution in [3.05, 3.63) is 87.5 Å². The Kier molecular flexibility index (Phi) is 6.48. The van der Waals surface area contributed by atoms with Gasteiger partial charge in [-0.3, -0.25) is 14.5 Å².